The molecule has 0 aromatic carbocycles. The molecule has 3 aliphatic heterocycles. The summed E-state index contributed by atoms with van der Waals surface area (Å²) >= 11 is 0. The summed E-state index contributed by atoms with van der Waals surface area (Å²) in [5.74, 6) is 1.76. The van der Waals surface area contributed by atoms with Gasteiger partial charge in [0.15, 0.2) is 0 Å². The van der Waals surface area contributed by atoms with Crippen LogP contribution in [0.3, 0.4) is 0 Å². The van der Waals surface area contributed by atoms with Crippen molar-refractivity contribution in [2.75, 3.05) is 39.3 Å². The molecule has 4 fully saturated rings. The summed E-state index contributed by atoms with van der Waals surface area (Å²) in [6.07, 6.45) is 11.3. The first-order chi connectivity index (χ1) is 12.2. The number of nitrogens with one attached hydrogen (secondary N) is 1. The number of carbonyl (C=O) groups is 1. The fourth-order valence-electron chi connectivity index (χ4n) is 5.71. The van der Waals surface area contributed by atoms with Crippen LogP contribution >= 0.6 is 0 Å². The molecule has 3 heterocycles. The van der Waals surface area contributed by atoms with Crippen molar-refractivity contribution < 1.29 is 4.79 Å². The summed E-state index contributed by atoms with van der Waals surface area (Å²) < 4.78 is 0. The van der Waals surface area contributed by atoms with E-state index in [9.17, 15) is 4.79 Å². The lowest BCUT2D eigenvalue weighted by Gasteiger charge is -2.49. The topological polar surface area (TPSA) is 35.6 Å². The third-order valence-corrected chi connectivity index (χ3v) is 7.92. The summed E-state index contributed by atoms with van der Waals surface area (Å²) in [5, 5.41) is 3.41. The van der Waals surface area contributed by atoms with Gasteiger partial charge in [0.1, 0.15) is 0 Å². The van der Waals surface area contributed by atoms with Crippen molar-refractivity contribution in [3.05, 3.63) is 0 Å². The van der Waals surface area contributed by atoms with Gasteiger partial charge in [0.2, 0.25) is 5.91 Å². The number of nitrogens with zero attached hydrogens (tertiary/aromatic N) is 2. The Morgan fingerprint density at radius 2 is 1.60 bits per heavy atom. The van der Waals surface area contributed by atoms with Crippen molar-refractivity contribution >= 4 is 5.91 Å². The predicted molar refractivity (Wildman–Crippen MR) is 101 cm³/mol. The van der Waals surface area contributed by atoms with Gasteiger partial charge in [-0.25, -0.2) is 0 Å². The van der Waals surface area contributed by atoms with E-state index in [2.05, 4.69) is 22.0 Å². The number of likely N-dealkylation sites (tertiary alicyclic amines) is 2. The molecule has 0 radical (unpaired) electrons. The van der Waals surface area contributed by atoms with Gasteiger partial charge >= 0.3 is 0 Å². The summed E-state index contributed by atoms with van der Waals surface area (Å²) in [5.41, 5.74) is 0.541. The van der Waals surface area contributed by atoms with E-state index < -0.39 is 0 Å². The molecular weight excluding hydrogens is 310 g/mol. The Morgan fingerprint density at radius 1 is 0.960 bits per heavy atom. The van der Waals surface area contributed by atoms with E-state index in [0.29, 0.717) is 17.2 Å². The highest BCUT2D eigenvalue weighted by molar-refractivity contribution is 5.79. The molecule has 0 bridgehead atoms. The summed E-state index contributed by atoms with van der Waals surface area (Å²) in [6, 6.07) is 0.757. The minimum Gasteiger partial charge on any atom is -0.342 e. The van der Waals surface area contributed by atoms with E-state index in [1.54, 1.807) is 0 Å². The molecule has 1 N–H and O–H groups in total. The highest BCUT2D eigenvalue weighted by Gasteiger charge is 2.41. The summed E-state index contributed by atoms with van der Waals surface area (Å²) in [6.45, 7) is 9.29. The Kier molecular flexibility index (Phi) is 5.38. The average molecular weight is 348 g/mol. The Labute approximate surface area is 153 Å². The number of rotatable bonds is 3. The maximum atomic E-state index is 12.9. The van der Waals surface area contributed by atoms with Crippen molar-refractivity contribution in [1.29, 1.82) is 0 Å². The molecule has 4 aliphatic rings. The van der Waals surface area contributed by atoms with Gasteiger partial charge in [0.25, 0.3) is 0 Å². The SMILES string of the molecule is CCC1CCN(C2CCC(C(=O)N3CCC4(CC3)CNC4)CC2)CC1. The van der Waals surface area contributed by atoms with Crippen LogP contribution in [0.25, 0.3) is 0 Å². The van der Waals surface area contributed by atoms with E-state index in [4.69, 9.17) is 0 Å². The summed E-state index contributed by atoms with van der Waals surface area (Å²) in [7, 11) is 0. The minimum atomic E-state index is 0.318. The smallest absolute Gasteiger partial charge is 0.225 e. The van der Waals surface area contributed by atoms with Gasteiger partial charge in [-0.3, -0.25) is 4.79 Å². The molecule has 4 rings (SSSR count). The number of hydrogen-bond donors (Lipinski definition) is 1. The average Bonchev–Trinajstić information content (AvgIpc) is 2.66. The second kappa shape index (κ2) is 7.56. The zero-order chi connectivity index (χ0) is 17.3. The molecule has 25 heavy (non-hydrogen) atoms. The van der Waals surface area contributed by atoms with Crippen LogP contribution in [0.4, 0.5) is 0 Å². The van der Waals surface area contributed by atoms with E-state index >= 15 is 0 Å². The second-order valence-corrected chi connectivity index (χ2v) is 9.32. The molecule has 1 amide bonds. The third kappa shape index (κ3) is 3.75. The zero-order valence-electron chi connectivity index (χ0n) is 16.1. The van der Waals surface area contributed by atoms with E-state index in [1.807, 2.05) is 0 Å². The van der Waals surface area contributed by atoms with Gasteiger partial charge in [-0.05, 0) is 75.8 Å². The number of piperidine rings is 2. The fourth-order valence-corrected chi connectivity index (χ4v) is 5.71. The van der Waals surface area contributed by atoms with Crippen LogP contribution in [0.5, 0.6) is 0 Å². The van der Waals surface area contributed by atoms with Crippen LogP contribution in [0.1, 0.15) is 64.7 Å². The van der Waals surface area contributed by atoms with Gasteiger partial charge in [-0.15, -0.1) is 0 Å². The normalized spacial score (nSPS) is 34.0. The molecule has 1 saturated carbocycles. The van der Waals surface area contributed by atoms with Crippen LogP contribution < -0.4 is 5.32 Å². The second-order valence-electron chi connectivity index (χ2n) is 9.32. The standard InChI is InChI=1S/C21H37N3O/c1-2-17-7-11-23(12-8-17)19-5-3-18(4-6-19)20(25)24-13-9-21(10-14-24)15-22-16-21/h17-19,22H,2-16H2,1H3. The van der Waals surface area contributed by atoms with Crippen molar-refractivity contribution in [3.8, 4) is 0 Å². The van der Waals surface area contributed by atoms with Crippen LogP contribution in [0, 0.1) is 17.3 Å². The van der Waals surface area contributed by atoms with Crippen LogP contribution in [-0.4, -0.2) is 61.0 Å². The first-order valence-corrected chi connectivity index (χ1v) is 10.9. The molecule has 0 aromatic rings. The molecule has 1 aliphatic carbocycles. The molecule has 0 aromatic heterocycles. The highest BCUT2D eigenvalue weighted by Crippen LogP contribution is 2.37. The quantitative estimate of drug-likeness (QED) is 0.853. The maximum absolute atomic E-state index is 12.9. The minimum absolute atomic E-state index is 0.318. The molecule has 0 unspecified atom stereocenters. The number of carbonyl (C=O) groups excluding carboxylic acids is 1. The van der Waals surface area contributed by atoms with Crippen LogP contribution in [-0.2, 0) is 4.79 Å². The lowest BCUT2D eigenvalue weighted by molar-refractivity contribution is -0.140. The monoisotopic (exact) mass is 347 g/mol. The lowest BCUT2D eigenvalue weighted by Crippen LogP contribution is -2.59. The number of hydrogen-bond acceptors (Lipinski definition) is 3. The zero-order valence-corrected chi connectivity index (χ0v) is 16.1. The molecule has 142 valence electrons. The largest absolute Gasteiger partial charge is 0.342 e. The van der Waals surface area contributed by atoms with Crippen molar-refractivity contribution in [2.24, 2.45) is 17.3 Å². The third-order valence-electron chi connectivity index (χ3n) is 7.92. The highest BCUT2D eigenvalue weighted by atomic mass is 16.2. The first kappa shape index (κ1) is 17.8. The maximum Gasteiger partial charge on any atom is 0.225 e. The van der Waals surface area contributed by atoms with E-state index in [-0.39, 0.29) is 0 Å². The Balaban J connectivity index is 1.21. The van der Waals surface area contributed by atoms with Crippen molar-refractivity contribution in [1.82, 2.24) is 15.1 Å². The van der Waals surface area contributed by atoms with Gasteiger partial charge in [-0.2, -0.15) is 0 Å². The van der Waals surface area contributed by atoms with Crippen molar-refractivity contribution in [3.63, 3.8) is 0 Å². The van der Waals surface area contributed by atoms with Gasteiger partial charge < -0.3 is 15.1 Å². The van der Waals surface area contributed by atoms with Gasteiger partial charge in [-0.1, -0.05) is 13.3 Å². The summed E-state index contributed by atoms with van der Waals surface area (Å²) in [4.78, 5) is 17.9. The molecule has 4 heteroatoms. The molecule has 0 atom stereocenters. The van der Waals surface area contributed by atoms with Crippen LogP contribution in [0.15, 0.2) is 0 Å². The number of amides is 1. The van der Waals surface area contributed by atoms with Crippen molar-refractivity contribution in [2.45, 2.75) is 70.8 Å². The van der Waals surface area contributed by atoms with Crippen LogP contribution in [0.2, 0.25) is 0 Å². The molecule has 4 nitrogen and oxygen atoms in total. The predicted octanol–water partition coefficient (Wildman–Crippen LogP) is 2.88. The first-order valence-electron chi connectivity index (χ1n) is 10.9. The van der Waals surface area contributed by atoms with Gasteiger partial charge in [0, 0.05) is 38.1 Å². The molecular formula is C21H37N3O. The van der Waals surface area contributed by atoms with Gasteiger partial charge in [0.05, 0.1) is 0 Å². The Bertz CT molecular complexity index is 450. The van der Waals surface area contributed by atoms with E-state index in [0.717, 1.165) is 37.9 Å². The Hall–Kier alpha value is -0.610. The fraction of sp³-hybridized carbons (Fsp3) is 0.952. The lowest BCUT2D eigenvalue weighted by atomic mass is 9.73. The molecule has 1 spiro atoms. The molecule has 3 saturated heterocycles. The Morgan fingerprint density at radius 3 is 2.12 bits per heavy atom. The van der Waals surface area contributed by atoms with E-state index in [1.165, 1.54) is 71.1 Å².